The number of nitrogens with zero attached hydrogens (tertiary/aromatic N) is 3. The lowest BCUT2D eigenvalue weighted by atomic mass is 10.2. The molecule has 1 fully saturated rings. The number of aromatic nitrogens is 2. The quantitative estimate of drug-likeness (QED) is 0.775. The van der Waals surface area contributed by atoms with E-state index in [-0.39, 0.29) is 0 Å². The smallest absolute Gasteiger partial charge is 0.229 e. The highest BCUT2D eigenvalue weighted by Gasteiger charge is 2.23. The number of hydrogen-bond donors (Lipinski definition) is 1. The Kier molecular flexibility index (Phi) is 2.82. The predicted molar refractivity (Wildman–Crippen MR) is 62.2 cm³/mol. The molecule has 6 heteroatoms. The number of fused-ring (bicyclic) bond motifs is 1. The normalized spacial score (nSPS) is 19.2. The van der Waals surface area contributed by atoms with Gasteiger partial charge in [0.25, 0.3) is 0 Å². The van der Waals surface area contributed by atoms with Crippen LogP contribution in [0.4, 0.5) is 5.95 Å². The summed E-state index contributed by atoms with van der Waals surface area (Å²) < 4.78 is 10.7. The molecule has 2 aliphatic heterocycles. The Hall–Kier alpha value is -1.40. The minimum absolute atomic E-state index is 0.556. The molecule has 6 nitrogen and oxygen atoms in total. The number of nitrogens with one attached hydrogen (secondary N) is 1. The number of hydrogen-bond acceptors (Lipinski definition) is 6. The number of piperazine rings is 1. The van der Waals surface area contributed by atoms with Crippen LogP contribution in [0.3, 0.4) is 0 Å². The molecule has 1 aromatic heterocycles. The molecular formula is C11H16N4O2. The minimum atomic E-state index is 0.556. The second kappa shape index (κ2) is 4.46. The molecule has 0 bridgehead atoms. The van der Waals surface area contributed by atoms with E-state index in [2.05, 4.69) is 20.2 Å². The van der Waals surface area contributed by atoms with Gasteiger partial charge in [-0.05, 0) is 0 Å². The summed E-state index contributed by atoms with van der Waals surface area (Å²) in [5.41, 5.74) is 1.96. The zero-order valence-corrected chi connectivity index (χ0v) is 9.90. The topological polar surface area (TPSA) is 59.5 Å². The van der Waals surface area contributed by atoms with Crippen molar-refractivity contribution < 1.29 is 9.47 Å². The first-order valence-electron chi connectivity index (χ1n) is 5.85. The molecule has 0 spiro atoms. The lowest BCUT2D eigenvalue weighted by molar-refractivity contribution is 0.132. The number of anilines is 1. The molecule has 1 aromatic rings. The van der Waals surface area contributed by atoms with Crippen molar-refractivity contribution in [2.24, 2.45) is 0 Å². The van der Waals surface area contributed by atoms with Crippen molar-refractivity contribution in [1.82, 2.24) is 15.3 Å². The fraction of sp³-hybridized carbons (Fsp3) is 0.636. The molecule has 2 aliphatic rings. The maximum Gasteiger partial charge on any atom is 0.229 e. The summed E-state index contributed by atoms with van der Waals surface area (Å²) in [5.74, 6) is 1.41. The Morgan fingerprint density at radius 3 is 2.82 bits per heavy atom. The third kappa shape index (κ3) is 1.94. The fourth-order valence-corrected chi connectivity index (χ4v) is 2.18. The van der Waals surface area contributed by atoms with E-state index in [1.165, 1.54) is 0 Å². The number of methoxy groups -OCH3 is 1. The SMILES string of the molecule is COc1nc(N2CCNCC2)nc2c1COC2. The highest BCUT2D eigenvalue weighted by molar-refractivity contribution is 5.41. The summed E-state index contributed by atoms with van der Waals surface area (Å²) in [6.45, 7) is 4.93. The van der Waals surface area contributed by atoms with Crippen LogP contribution in [0.1, 0.15) is 11.3 Å². The summed E-state index contributed by atoms with van der Waals surface area (Å²) >= 11 is 0. The molecule has 0 atom stereocenters. The monoisotopic (exact) mass is 236 g/mol. The third-order valence-electron chi connectivity index (χ3n) is 3.12. The van der Waals surface area contributed by atoms with Gasteiger partial charge >= 0.3 is 0 Å². The summed E-state index contributed by atoms with van der Waals surface area (Å²) in [6, 6.07) is 0. The minimum Gasteiger partial charge on any atom is -0.481 e. The molecule has 0 aliphatic carbocycles. The van der Waals surface area contributed by atoms with Crippen molar-refractivity contribution in [2.75, 3.05) is 38.2 Å². The van der Waals surface area contributed by atoms with E-state index in [1.807, 2.05) is 0 Å². The molecule has 17 heavy (non-hydrogen) atoms. The molecule has 1 N–H and O–H groups in total. The highest BCUT2D eigenvalue weighted by Crippen LogP contribution is 2.28. The fourth-order valence-electron chi connectivity index (χ4n) is 2.18. The molecule has 1 saturated heterocycles. The summed E-state index contributed by atoms with van der Waals surface area (Å²) in [5, 5.41) is 3.31. The largest absolute Gasteiger partial charge is 0.481 e. The Morgan fingerprint density at radius 1 is 1.24 bits per heavy atom. The van der Waals surface area contributed by atoms with E-state index in [0.29, 0.717) is 19.1 Å². The first-order chi connectivity index (χ1) is 8.38. The van der Waals surface area contributed by atoms with Gasteiger partial charge in [-0.3, -0.25) is 0 Å². The maximum absolute atomic E-state index is 5.39. The molecule has 0 radical (unpaired) electrons. The first-order valence-corrected chi connectivity index (χ1v) is 5.85. The molecule has 0 saturated carbocycles. The number of rotatable bonds is 2. The molecular weight excluding hydrogens is 220 g/mol. The van der Waals surface area contributed by atoms with Crippen LogP contribution in [0, 0.1) is 0 Å². The zero-order valence-electron chi connectivity index (χ0n) is 9.90. The average Bonchev–Trinajstić information content (AvgIpc) is 2.86. The second-order valence-electron chi connectivity index (χ2n) is 4.19. The van der Waals surface area contributed by atoms with Gasteiger partial charge in [0, 0.05) is 26.2 Å². The van der Waals surface area contributed by atoms with Gasteiger partial charge in [-0.15, -0.1) is 0 Å². The Balaban J connectivity index is 1.94. The molecule has 0 amide bonds. The van der Waals surface area contributed by atoms with Crippen LogP contribution in [0.15, 0.2) is 0 Å². The lowest BCUT2D eigenvalue weighted by Crippen LogP contribution is -2.44. The van der Waals surface area contributed by atoms with E-state index >= 15 is 0 Å². The van der Waals surface area contributed by atoms with Crippen LogP contribution in [0.25, 0.3) is 0 Å². The van der Waals surface area contributed by atoms with E-state index < -0.39 is 0 Å². The van der Waals surface area contributed by atoms with Crippen molar-refractivity contribution in [1.29, 1.82) is 0 Å². The van der Waals surface area contributed by atoms with Crippen molar-refractivity contribution in [3.8, 4) is 5.88 Å². The van der Waals surface area contributed by atoms with Crippen LogP contribution >= 0.6 is 0 Å². The van der Waals surface area contributed by atoms with E-state index in [9.17, 15) is 0 Å². The summed E-state index contributed by atoms with van der Waals surface area (Å²) in [6.07, 6.45) is 0. The molecule has 3 rings (SSSR count). The van der Waals surface area contributed by atoms with Gasteiger partial charge in [-0.1, -0.05) is 0 Å². The molecule has 0 aromatic carbocycles. The Bertz CT molecular complexity index is 418. The predicted octanol–water partition coefficient (Wildman–Crippen LogP) is -0.0750. The lowest BCUT2D eigenvalue weighted by Gasteiger charge is -2.27. The van der Waals surface area contributed by atoms with Gasteiger partial charge in [0.2, 0.25) is 11.8 Å². The average molecular weight is 236 g/mol. The zero-order chi connectivity index (χ0) is 11.7. The van der Waals surface area contributed by atoms with Gasteiger partial charge < -0.3 is 19.7 Å². The van der Waals surface area contributed by atoms with Crippen LogP contribution in [-0.4, -0.2) is 43.3 Å². The molecule has 92 valence electrons. The molecule has 3 heterocycles. The summed E-state index contributed by atoms with van der Waals surface area (Å²) in [7, 11) is 1.64. The van der Waals surface area contributed by atoms with Crippen LogP contribution < -0.4 is 15.0 Å². The third-order valence-corrected chi connectivity index (χ3v) is 3.12. The maximum atomic E-state index is 5.39. The van der Waals surface area contributed by atoms with Gasteiger partial charge in [0.05, 0.1) is 31.6 Å². The Morgan fingerprint density at radius 2 is 2.06 bits per heavy atom. The van der Waals surface area contributed by atoms with Crippen molar-refractivity contribution in [3.05, 3.63) is 11.3 Å². The van der Waals surface area contributed by atoms with Crippen molar-refractivity contribution in [3.63, 3.8) is 0 Å². The highest BCUT2D eigenvalue weighted by atomic mass is 16.5. The van der Waals surface area contributed by atoms with Gasteiger partial charge in [-0.25, -0.2) is 4.98 Å². The molecule has 0 unspecified atom stereocenters. The number of ether oxygens (including phenoxy) is 2. The van der Waals surface area contributed by atoms with Crippen LogP contribution in [0.2, 0.25) is 0 Å². The van der Waals surface area contributed by atoms with Crippen LogP contribution in [-0.2, 0) is 18.0 Å². The van der Waals surface area contributed by atoms with Crippen molar-refractivity contribution in [2.45, 2.75) is 13.2 Å². The van der Waals surface area contributed by atoms with Crippen molar-refractivity contribution >= 4 is 5.95 Å². The van der Waals surface area contributed by atoms with E-state index in [0.717, 1.165) is 43.4 Å². The Labute approximate surface area is 100.0 Å². The summed E-state index contributed by atoms with van der Waals surface area (Å²) in [4.78, 5) is 11.2. The van der Waals surface area contributed by atoms with E-state index in [4.69, 9.17) is 9.47 Å². The standard InChI is InChI=1S/C11H16N4O2/c1-16-10-8-6-17-7-9(8)13-11(14-10)15-4-2-12-3-5-15/h12H,2-7H2,1H3. The van der Waals surface area contributed by atoms with Crippen LogP contribution in [0.5, 0.6) is 5.88 Å². The van der Waals surface area contributed by atoms with Gasteiger partial charge in [0.15, 0.2) is 0 Å². The second-order valence-corrected chi connectivity index (χ2v) is 4.19. The van der Waals surface area contributed by atoms with E-state index in [1.54, 1.807) is 7.11 Å². The van der Waals surface area contributed by atoms with Gasteiger partial charge in [-0.2, -0.15) is 4.98 Å². The van der Waals surface area contributed by atoms with Gasteiger partial charge in [0.1, 0.15) is 0 Å². The first kappa shape index (κ1) is 10.7.